The molecule has 0 aliphatic rings. The van der Waals surface area contributed by atoms with E-state index in [1.807, 2.05) is 30.3 Å². The molecule has 0 aromatic heterocycles. The number of nitrogens with one attached hydrogen (secondary N) is 2. The Morgan fingerprint density at radius 3 is 2.54 bits per heavy atom. The van der Waals surface area contributed by atoms with Gasteiger partial charge in [0.05, 0.1) is 6.61 Å². The maximum absolute atomic E-state index is 12.1. The minimum atomic E-state index is -0.259. The third kappa shape index (κ3) is 5.94. The van der Waals surface area contributed by atoms with Crippen molar-refractivity contribution in [3.05, 3.63) is 58.6 Å². The second-order valence-corrected chi connectivity index (χ2v) is 6.97. The average molecular weight is 407 g/mol. The predicted octanol–water partition coefficient (Wildman–Crippen LogP) is 4.61. The van der Waals surface area contributed by atoms with Gasteiger partial charge in [0.15, 0.2) is 5.11 Å². The van der Waals surface area contributed by atoms with Crippen molar-refractivity contribution in [1.29, 1.82) is 0 Å². The van der Waals surface area contributed by atoms with E-state index in [1.165, 1.54) is 0 Å². The van der Waals surface area contributed by atoms with Crippen molar-refractivity contribution >= 4 is 44.9 Å². The van der Waals surface area contributed by atoms with Crippen LogP contribution in [0.25, 0.3) is 0 Å². The first-order valence-corrected chi connectivity index (χ1v) is 8.75. The zero-order chi connectivity index (χ0) is 17.5. The lowest BCUT2D eigenvalue weighted by molar-refractivity contribution is 0.0977. The third-order valence-electron chi connectivity index (χ3n) is 3.01. The summed E-state index contributed by atoms with van der Waals surface area (Å²) in [6, 6.07) is 14.6. The fourth-order valence-corrected chi connectivity index (χ4v) is 2.47. The van der Waals surface area contributed by atoms with Crippen LogP contribution in [-0.4, -0.2) is 17.6 Å². The van der Waals surface area contributed by atoms with Gasteiger partial charge >= 0.3 is 0 Å². The number of hydrogen-bond donors (Lipinski definition) is 2. The van der Waals surface area contributed by atoms with Crippen LogP contribution in [0, 0.1) is 5.92 Å². The molecule has 2 rings (SSSR count). The van der Waals surface area contributed by atoms with Crippen LogP contribution >= 0.6 is 28.1 Å². The Labute approximate surface area is 155 Å². The van der Waals surface area contributed by atoms with Crippen LogP contribution in [0.3, 0.4) is 0 Å². The summed E-state index contributed by atoms with van der Waals surface area (Å²) in [5.41, 5.74) is 1.32. The molecule has 0 fully saturated rings. The van der Waals surface area contributed by atoms with Crippen LogP contribution in [0.5, 0.6) is 5.75 Å². The second kappa shape index (κ2) is 8.80. The van der Waals surface area contributed by atoms with Gasteiger partial charge in [-0.25, -0.2) is 0 Å². The highest BCUT2D eigenvalue weighted by Gasteiger charge is 2.08. The van der Waals surface area contributed by atoms with Gasteiger partial charge in [-0.2, -0.15) is 0 Å². The van der Waals surface area contributed by atoms with Gasteiger partial charge in [-0.15, -0.1) is 0 Å². The minimum Gasteiger partial charge on any atom is -0.493 e. The fraction of sp³-hybridized carbons (Fsp3) is 0.222. The highest BCUT2D eigenvalue weighted by atomic mass is 79.9. The number of carbonyl (C=O) groups is 1. The largest absolute Gasteiger partial charge is 0.493 e. The standard InChI is InChI=1S/C18H19BrN2O2S/c1-12(2)11-23-16-8-6-15(7-9-16)20-18(24)21-17(22)13-4-3-5-14(19)10-13/h3-10,12H,11H2,1-2H3,(H2,20,21,22,24). The van der Waals surface area contributed by atoms with Crippen molar-refractivity contribution in [2.24, 2.45) is 5.92 Å². The molecule has 0 unspecified atom stereocenters. The fourth-order valence-electron chi connectivity index (χ4n) is 1.86. The van der Waals surface area contributed by atoms with Crippen LogP contribution in [0.15, 0.2) is 53.0 Å². The molecule has 0 aliphatic carbocycles. The smallest absolute Gasteiger partial charge is 0.257 e. The van der Waals surface area contributed by atoms with Gasteiger partial charge in [-0.1, -0.05) is 35.8 Å². The Balaban J connectivity index is 1.89. The molecule has 126 valence electrons. The quantitative estimate of drug-likeness (QED) is 0.711. The topological polar surface area (TPSA) is 50.4 Å². The maximum Gasteiger partial charge on any atom is 0.257 e. The molecule has 0 radical (unpaired) electrons. The van der Waals surface area contributed by atoms with Gasteiger partial charge in [0, 0.05) is 15.7 Å². The van der Waals surface area contributed by atoms with Crippen LogP contribution < -0.4 is 15.4 Å². The first kappa shape index (κ1) is 18.4. The van der Waals surface area contributed by atoms with Crippen molar-refractivity contribution in [3.63, 3.8) is 0 Å². The molecular weight excluding hydrogens is 388 g/mol. The number of rotatable bonds is 5. The monoisotopic (exact) mass is 406 g/mol. The van der Waals surface area contributed by atoms with E-state index in [1.54, 1.807) is 18.2 Å². The lowest BCUT2D eigenvalue weighted by Gasteiger charge is -2.11. The molecule has 0 heterocycles. The van der Waals surface area contributed by atoms with Gasteiger partial charge in [0.1, 0.15) is 5.75 Å². The van der Waals surface area contributed by atoms with Gasteiger partial charge in [-0.05, 0) is 60.6 Å². The normalized spacial score (nSPS) is 10.3. The predicted molar refractivity (Wildman–Crippen MR) is 105 cm³/mol. The molecular formula is C18H19BrN2O2S. The molecule has 4 nitrogen and oxygen atoms in total. The summed E-state index contributed by atoms with van der Waals surface area (Å²) in [5.74, 6) is 1.02. The second-order valence-electron chi connectivity index (χ2n) is 5.65. The first-order chi connectivity index (χ1) is 11.4. The van der Waals surface area contributed by atoms with E-state index >= 15 is 0 Å². The van der Waals surface area contributed by atoms with Crippen molar-refractivity contribution in [2.45, 2.75) is 13.8 Å². The van der Waals surface area contributed by atoms with Gasteiger partial charge in [0.25, 0.3) is 5.91 Å². The summed E-state index contributed by atoms with van der Waals surface area (Å²) < 4.78 is 6.47. The number of hydrogen-bond acceptors (Lipinski definition) is 3. The molecule has 0 spiro atoms. The van der Waals surface area contributed by atoms with Gasteiger partial charge in [-0.3, -0.25) is 10.1 Å². The number of thiocarbonyl (C=S) groups is 1. The summed E-state index contributed by atoms with van der Waals surface area (Å²) in [4.78, 5) is 12.1. The average Bonchev–Trinajstić information content (AvgIpc) is 2.54. The molecule has 0 bridgehead atoms. The molecule has 2 aromatic rings. The van der Waals surface area contributed by atoms with Gasteiger partial charge in [0.2, 0.25) is 0 Å². The highest BCUT2D eigenvalue weighted by molar-refractivity contribution is 9.10. The zero-order valence-electron chi connectivity index (χ0n) is 13.5. The number of benzene rings is 2. The summed E-state index contributed by atoms with van der Waals surface area (Å²) >= 11 is 8.52. The molecule has 2 aromatic carbocycles. The number of ether oxygens (including phenoxy) is 1. The van der Waals surface area contributed by atoms with E-state index in [-0.39, 0.29) is 11.0 Å². The van der Waals surface area contributed by atoms with Crippen molar-refractivity contribution in [2.75, 3.05) is 11.9 Å². The van der Waals surface area contributed by atoms with Crippen molar-refractivity contribution in [1.82, 2.24) is 5.32 Å². The summed E-state index contributed by atoms with van der Waals surface area (Å²) in [7, 11) is 0. The minimum absolute atomic E-state index is 0.246. The Hall–Kier alpha value is -1.92. The molecule has 24 heavy (non-hydrogen) atoms. The molecule has 0 aliphatic heterocycles. The Morgan fingerprint density at radius 1 is 1.21 bits per heavy atom. The van der Waals surface area contributed by atoms with Crippen molar-refractivity contribution < 1.29 is 9.53 Å². The Kier molecular flexibility index (Phi) is 6.75. The van der Waals surface area contributed by atoms with E-state index in [9.17, 15) is 4.79 Å². The van der Waals surface area contributed by atoms with E-state index in [0.717, 1.165) is 15.9 Å². The molecule has 2 N–H and O–H groups in total. The Bertz CT molecular complexity index is 717. The van der Waals surface area contributed by atoms with E-state index in [2.05, 4.69) is 40.4 Å². The molecule has 0 saturated carbocycles. The van der Waals surface area contributed by atoms with E-state index < -0.39 is 0 Å². The van der Waals surface area contributed by atoms with Crippen LogP contribution in [0.2, 0.25) is 0 Å². The molecule has 6 heteroatoms. The van der Waals surface area contributed by atoms with E-state index in [0.29, 0.717) is 18.1 Å². The zero-order valence-corrected chi connectivity index (χ0v) is 15.9. The SMILES string of the molecule is CC(C)COc1ccc(NC(=S)NC(=O)c2cccc(Br)c2)cc1. The lowest BCUT2D eigenvalue weighted by atomic mass is 10.2. The number of carbonyl (C=O) groups excluding carboxylic acids is 1. The van der Waals surface area contributed by atoms with Crippen LogP contribution in [0.1, 0.15) is 24.2 Å². The number of halogens is 1. The summed E-state index contributed by atoms with van der Waals surface area (Å²) in [5, 5.41) is 5.88. The number of amides is 1. The summed E-state index contributed by atoms with van der Waals surface area (Å²) in [6.07, 6.45) is 0. The van der Waals surface area contributed by atoms with Gasteiger partial charge < -0.3 is 10.1 Å². The molecule has 1 amide bonds. The lowest BCUT2D eigenvalue weighted by Crippen LogP contribution is -2.34. The van der Waals surface area contributed by atoms with Crippen molar-refractivity contribution in [3.8, 4) is 5.75 Å². The van der Waals surface area contributed by atoms with Crippen LogP contribution in [-0.2, 0) is 0 Å². The maximum atomic E-state index is 12.1. The summed E-state index contributed by atoms with van der Waals surface area (Å²) in [6.45, 7) is 4.87. The highest BCUT2D eigenvalue weighted by Crippen LogP contribution is 2.16. The van der Waals surface area contributed by atoms with Crippen LogP contribution in [0.4, 0.5) is 5.69 Å². The van der Waals surface area contributed by atoms with E-state index in [4.69, 9.17) is 17.0 Å². The molecule has 0 atom stereocenters. The number of anilines is 1. The third-order valence-corrected chi connectivity index (χ3v) is 3.71. The Morgan fingerprint density at radius 2 is 1.92 bits per heavy atom. The molecule has 0 saturated heterocycles. The first-order valence-electron chi connectivity index (χ1n) is 7.55.